The molecule has 0 saturated carbocycles. The lowest BCUT2D eigenvalue weighted by Crippen LogP contribution is -2.30. The van der Waals surface area contributed by atoms with Gasteiger partial charge in [-0.3, -0.25) is 4.68 Å². The van der Waals surface area contributed by atoms with E-state index in [1.54, 1.807) is 0 Å². The van der Waals surface area contributed by atoms with Gasteiger partial charge < -0.3 is 11.1 Å². The standard InChI is InChI=1S/C12H20N4/c13-12-10-3-1-2-4-11(10)16(15-12)9-5-7-14-8-6-9/h9,14H,1-8H2,(H2,13,15). The zero-order valence-corrected chi connectivity index (χ0v) is 9.71. The van der Waals surface area contributed by atoms with Crippen molar-refractivity contribution in [2.24, 2.45) is 0 Å². The van der Waals surface area contributed by atoms with Crippen molar-refractivity contribution in [3.8, 4) is 0 Å². The van der Waals surface area contributed by atoms with Crippen LogP contribution < -0.4 is 11.1 Å². The summed E-state index contributed by atoms with van der Waals surface area (Å²) < 4.78 is 2.24. The molecule has 2 heterocycles. The number of nitrogens with one attached hydrogen (secondary N) is 1. The quantitative estimate of drug-likeness (QED) is 0.749. The van der Waals surface area contributed by atoms with Gasteiger partial charge in [-0.1, -0.05) is 0 Å². The largest absolute Gasteiger partial charge is 0.382 e. The fourth-order valence-corrected chi connectivity index (χ4v) is 3.01. The molecule has 4 nitrogen and oxygen atoms in total. The van der Waals surface area contributed by atoms with Crippen molar-refractivity contribution < 1.29 is 0 Å². The number of hydrogen-bond donors (Lipinski definition) is 2. The average molecular weight is 220 g/mol. The SMILES string of the molecule is Nc1nn(C2CCNCC2)c2c1CCCC2. The lowest BCUT2D eigenvalue weighted by molar-refractivity contribution is 0.333. The predicted molar refractivity (Wildman–Crippen MR) is 64.4 cm³/mol. The van der Waals surface area contributed by atoms with E-state index < -0.39 is 0 Å². The molecule has 0 bridgehead atoms. The third-order valence-electron chi connectivity index (χ3n) is 3.89. The van der Waals surface area contributed by atoms with Gasteiger partial charge in [0.25, 0.3) is 0 Å². The molecule has 3 rings (SSSR count). The number of nitrogens with two attached hydrogens (primary N) is 1. The highest BCUT2D eigenvalue weighted by molar-refractivity contribution is 5.44. The first kappa shape index (κ1) is 10.1. The van der Waals surface area contributed by atoms with Crippen LogP contribution in [0.2, 0.25) is 0 Å². The highest BCUT2D eigenvalue weighted by Gasteiger charge is 2.24. The van der Waals surface area contributed by atoms with Crippen molar-refractivity contribution in [1.29, 1.82) is 0 Å². The number of anilines is 1. The number of hydrogen-bond acceptors (Lipinski definition) is 3. The smallest absolute Gasteiger partial charge is 0.148 e. The molecule has 1 aliphatic carbocycles. The summed E-state index contributed by atoms with van der Waals surface area (Å²) in [6, 6.07) is 0.574. The Labute approximate surface area is 96.2 Å². The van der Waals surface area contributed by atoms with Crippen LogP contribution in [0.15, 0.2) is 0 Å². The van der Waals surface area contributed by atoms with Crippen LogP contribution in [0.5, 0.6) is 0 Å². The molecule has 88 valence electrons. The maximum Gasteiger partial charge on any atom is 0.148 e. The summed E-state index contributed by atoms with van der Waals surface area (Å²) in [5.74, 6) is 0.785. The second-order valence-electron chi connectivity index (χ2n) is 4.94. The number of rotatable bonds is 1. The molecule has 0 amide bonds. The van der Waals surface area contributed by atoms with Crippen molar-refractivity contribution in [2.75, 3.05) is 18.8 Å². The molecule has 0 radical (unpaired) electrons. The zero-order chi connectivity index (χ0) is 11.0. The minimum atomic E-state index is 0.574. The summed E-state index contributed by atoms with van der Waals surface area (Å²) in [4.78, 5) is 0. The van der Waals surface area contributed by atoms with Gasteiger partial charge in [0.2, 0.25) is 0 Å². The second kappa shape index (κ2) is 4.09. The van der Waals surface area contributed by atoms with Crippen LogP contribution in [0.25, 0.3) is 0 Å². The Morgan fingerprint density at radius 1 is 1.19 bits per heavy atom. The lowest BCUT2D eigenvalue weighted by Gasteiger charge is -2.25. The Morgan fingerprint density at radius 3 is 2.75 bits per heavy atom. The van der Waals surface area contributed by atoms with Crippen LogP contribution in [-0.4, -0.2) is 22.9 Å². The first-order valence-corrected chi connectivity index (χ1v) is 6.42. The molecule has 0 atom stereocenters. The summed E-state index contributed by atoms with van der Waals surface area (Å²) >= 11 is 0. The van der Waals surface area contributed by atoms with Gasteiger partial charge in [-0.2, -0.15) is 5.10 Å². The van der Waals surface area contributed by atoms with Crippen LogP contribution in [0.3, 0.4) is 0 Å². The molecule has 1 aliphatic heterocycles. The van der Waals surface area contributed by atoms with Crippen LogP contribution in [0, 0.1) is 0 Å². The Kier molecular flexibility index (Phi) is 2.59. The van der Waals surface area contributed by atoms with Gasteiger partial charge in [0.15, 0.2) is 0 Å². The molecule has 0 spiro atoms. The maximum absolute atomic E-state index is 6.02. The fraction of sp³-hybridized carbons (Fsp3) is 0.750. The minimum absolute atomic E-state index is 0.574. The number of nitrogens with zero attached hydrogens (tertiary/aromatic N) is 2. The van der Waals surface area contributed by atoms with E-state index in [4.69, 9.17) is 5.73 Å². The number of fused-ring (bicyclic) bond motifs is 1. The van der Waals surface area contributed by atoms with E-state index in [9.17, 15) is 0 Å². The highest BCUT2D eigenvalue weighted by Crippen LogP contribution is 2.30. The van der Waals surface area contributed by atoms with Crippen molar-refractivity contribution in [1.82, 2.24) is 15.1 Å². The molecule has 1 fully saturated rings. The Balaban J connectivity index is 1.93. The van der Waals surface area contributed by atoms with Gasteiger partial charge in [0.1, 0.15) is 5.82 Å². The summed E-state index contributed by atoms with van der Waals surface area (Å²) in [7, 11) is 0. The molecule has 2 aliphatic rings. The lowest BCUT2D eigenvalue weighted by atomic mass is 9.96. The predicted octanol–water partition coefficient (Wildman–Crippen LogP) is 1.27. The van der Waals surface area contributed by atoms with Crippen LogP contribution in [0.4, 0.5) is 5.82 Å². The topological polar surface area (TPSA) is 55.9 Å². The van der Waals surface area contributed by atoms with Crippen LogP contribution in [0.1, 0.15) is 43.0 Å². The van der Waals surface area contributed by atoms with Gasteiger partial charge in [0, 0.05) is 11.3 Å². The molecule has 3 N–H and O–H groups in total. The third kappa shape index (κ3) is 1.61. The van der Waals surface area contributed by atoms with Crippen molar-refractivity contribution in [3.63, 3.8) is 0 Å². The molecule has 1 saturated heterocycles. The van der Waals surface area contributed by atoms with E-state index in [1.165, 1.54) is 43.4 Å². The van der Waals surface area contributed by atoms with E-state index >= 15 is 0 Å². The first-order chi connectivity index (χ1) is 7.86. The maximum atomic E-state index is 6.02. The van der Waals surface area contributed by atoms with E-state index in [2.05, 4.69) is 15.1 Å². The number of aromatic nitrogens is 2. The Bertz CT molecular complexity index is 377. The molecule has 4 heteroatoms. The van der Waals surface area contributed by atoms with Crippen LogP contribution in [-0.2, 0) is 12.8 Å². The third-order valence-corrected chi connectivity index (χ3v) is 3.89. The van der Waals surface area contributed by atoms with Crippen molar-refractivity contribution in [3.05, 3.63) is 11.3 Å². The molecule has 0 unspecified atom stereocenters. The monoisotopic (exact) mass is 220 g/mol. The molecule has 1 aromatic rings. The van der Waals surface area contributed by atoms with E-state index in [1.807, 2.05) is 0 Å². The van der Waals surface area contributed by atoms with Gasteiger partial charge in [-0.25, -0.2) is 0 Å². The molecular formula is C12H20N4. The van der Waals surface area contributed by atoms with Gasteiger partial charge in [-0.15, -0.1) is 0 Å². The van der Waals surface area contributed by atoms with Gasteiger partial charge >= 0.3 is 0 Å². The molecule has 0 aromatic carbocycles. The molecule has 1 aromatic heterocycles. The second-order valence-corrected chi connectivity index (χ2v) is 4.94. The summed E-state index contributed by atoms with van der Waals surface area (Å²) in [5, 5.41) is 7.98. The molecule has 16 heavy (non-hydrogen) atoms. The number of piperidine rings is 1. The van der Waals surface area contributed by atoms with Crippen LogP contribution >= 0.6 is 0 Å². The van der Waals surface area contributed by atoms with E-state index in [0.717, 1.165) is 25.3 Å². The average Bonchev–Trinajstić information content (AvgIpc) is 2.69. The van der Waals surface area contributed by atoms with Crippen molar-refractivity contribution >= 4 is 5.82 Å². The summed E-state index contributed by atoms with van der Waals surface area (Å²) in [6.07, 6.45) is 7.24. The number of nitrogen functional groups attached to an aromatic ring is 1. The highest BCUT2D eigenvalue weighted by atomic mass is 15.3. The van der Waals surface area contributed by atoms with Gasteiger partial charge in [-0.05, 0) is 51.6 Å². The fourth-order valence-electron chi connectivity index (χ4n) is 3.01. The summed E-state index contributed by atoms with van der Waals surface area (Å²) in [6.45, 7) is 2.22. The Morgan fingerprint density at radius 2 is 1.94 bits per heavy atom. The van der Waals surface area contributed by atoms with E-state index in [0.29, 0.717) is 6.04 Å². The molecular weight excluding hydrogens is 200 g/mol. The first-order valence-electron chi connectivity index (χ1n) is 6.42. The zero-order valence-electron chi connectivity index (χ0n) is 9.71. The van der Waals surface area contributed by atoms with E-state index in [-0.39, 0.29) is 0 Å². The van der Waals surface area contributed by atoms with Gasteiger partial charge in [0.05, 0.1) is 6.04 Å². The minimum Gasteiger partial charge on any atom is -0.382 e. The normalized spacial score (nSPS) is 22.0. The summed E-state index contributed by atoms with van der Waals surface area (Å²) in [5.41, 5.74) is 8.79. The Hall–Kier alpha value is -1.03. The van der Waals surface area contributed by atoms with Crippen molar-refractivity contribution in [2.45, 2.75) is 44.6 Å².